The van der Waals surface area contributed by atoms with Gasteiger partial charge in [-0.15, -0.1) is 0 Å². The highest BCUT2D eigenvalue weighted by Crippen LogP contribution is 2.00. The summed E-state index contributed by atoms with van der Waals surface area (Å²) in [6, 6.07) is 0. The SMILES string of the molecule is CN(CC(=O)NC(C)(C)C)C(=O)CCNC(C)(C)C. The first-order valence-corrected chi connectivity index (χ1v) is 6.71. The number of nitrogens with zero attached hydrogens (tertiary/aromatic N) is 1. The van der Waals surface area contributed by atoms with E-state index in [1.807, 2.05) is 20.8 Å². The summed E-state index contributed by atoms with van der Waals surface area (Å²) in [7, 11) is 1.65. The van der Waals surface area contributed by atoms with Crippen molar-refractivity contribution in [2.45, 2.75) is 59.0 Å². The quantitative estimate of drug-likeness (QED) is 0.788. The largest absolute Gasteiger partial charge is 0.350 e. The summed E-state index contributed by atoms with van der Waals surface area (Å²) in [5.41, 5.74) is -0.267. The number of nitrogens with one attached hydrogen (secondary N) is 2. The van der Waals surface area contributed by atoms with Crippen LogP contribution in [0.3, 0.4) is 0 Å². The second-order valence-electron chi connectivity index (χ2n) is 6.97. The second kappa shape index (κ2) is 6.89. The first-order valence-electron chi connectivity index (χ1n) is 6.71. The van der Waals surface area contributed by atoms with Gasteiger partial charge in [0.15, 0.2) is 0 Å². The Hall–Kier alpha value is -1.10. The Kier molecular flexibility index (Phi) is 6.49. The van der Waals surface area contributed by atoms with E-state index in [0.29, 0.717) is 13.0 Å². The van der Waals surface area contributed by atoms with E-state index >= 15 is 0 Å². The molecule has 0 atom stereocenters. The van der Waals surface area contributed by atoms with E-state index in [-0.39, 0.29) is 29.4 Å². The van der Waals surface area contributed by atoms with Crippen molar-refractivity contribution in [3.05, 3.63) is 0 Å². The minimum absolute atomic E-state index is 0.00244. The minimum atomic E-state index is -0.269. The summed E-state index contributed by atoms with van der Waals surface area (Å²) in [6.07, 6.45) is 0.399. The van der Waals surface area contributed by atoms with Crippen molar-refractivity contribution in [2.24, 2.45) is 0 Å². The normalized spacial score (nSPS) is 12.2. The molecule has 0 radical (unpaired) electrons. The highest BCUT2D eigenvalue weighted by molar-refractivity contribution is 5.85. The zero-order chi connectivity index (χ0) is 15.3. The van der Waals surface area contributed by atoms with E-state index < -0.39 is 0 Å². The number of hydrogen-bond acceptors (Lipinski definition) is 3. The fraction of sp³-hybridized carbons (Fsp3) is 0.857. The molecule has 0 saturated carbocycles. The van der Waals surface area contributed by atoms with E-state index in [1.165, 1.54) is 4.90 Å². The predicted molar refractivity (Wildman–Crippen MR) is 77.9 cm³/mol. The Bertz CT molecular complexity index is 314. The Labute approximate surface area is 117 Å². The van der Waals surface area contributed by atoms with E-state index in [9.17, 15) is 9.59 Å². The second-order valence-corrected chi connectivity index (χ2v) is 6.97. The van der Waals surface area contributed by atoms with Gasteiger partial charge >= 0.3 is 0 Å². The molecule has 0 aliphatic heterocycles. The van der Waals surface area contributed by atoms with Crippen LogP contribution in [0.4, 0.5) is 0 Å². The third-order valence-electron chi connectivity index (χ3n) is 2.32. The van der Waals surface area contributed by atoms with Crippen LogP contribution >= 0.6 is 0 Å². The van der Waals surface area contributed by atoms with Gasteiger partial charge in [-0.25, -0.2) is 0 Å². The summed E-state index contributed by atoms with van der Waals surface area (Å²) in [4.78, 5) is 25.0. The Balaban J connectivity index is 4.04. The smallest absolute Gasteiger partial charge is 0.240 e. The Morgan fingerprint density at radius 3 is 1.95 bits per heavy atom. The molecular weight excluding hydrogens is 242 g/mol. The maximum absolute atomic E-state index is 11.8. The van der Waals surface area contributed by atoms with Crippen molar-refractivity contribution in [1.29, 1.82) is 0 Å². The van der Waals surface area contributed by atoms with Gasteiger partial charge in [0.2, 0.25) is 11.8 Å². The maximum Gasteiger partial charge on any atom is 0.240 e. The topological polar surface area (TPSA) is 61.4 Å². The lowest BCUT2D eigenvalue weighted by Gasteiger charge is -2.24. The molecule has 112 valence electrons. The molecule has 0 bridgehead atoms. The van der Waals surface area contributed by atoms with Gasteiger partial charge in [0.25, 0.3) is 0 Å². The van der Waals surface area contributed by atoms with Crippen LogP contribution in [0.1, 0.15) is 48.0 Å². The molecule has 0 rings (SSSR count). The number of hydrogen-bond donors (Lipinski definition) is 2. The third-order valence-corrected chi connectivity index (χ3v) is 2.32. The van der Waals surface area contributed by atoms with Crippen molar-refractivity contribution in [2.75, 3.05) is 20.1 Å². The van der Waals surface area contributed by atoms with Gasteiger partial charge in [-0.2, -0.15) is 0 Å². The van der Waals surface area contributed by atoms with Crippen LogP contribution in [-0.2, 0) is 9.59 Å². The lowest BCUT2D eigenvalue weighted by molar-refractivity contribution is -0.135. The van der Waals surface area contributed by atoms with Gasteiger partial charge < -0.3 is 15.5 Å². The molecule has 0 aromatic carbocycles. The molecule has 19 heavy (non-hydrogen) atoms. The van der Waals surface area contributed by atoms with Crippen LogP contribution in [0.2, 0.25) is 0 Å². The van der Waals surface area contributed by atoms with Gasteiger partial charge in [-0.1, -0.05) is 0 Å². The average Bonchev–Trinajstić information content (AvgIpc) is 2.11. The monoisotopic (exact) mass is 271 g/mol. The standard InChI is InChI=1S/C14H29N3O2/c1-13(2,3)15-9-8-12(19)17(7)10-11(18)16-14(4,5)6/h15H,8-10H2,1-7H3,(H,16,18). The molecule has 0 spiro atoms. The minimum Gasteiger partial charge on any atom is -0.350 e. The van der Waals surface area contributed by atoms with Gasteiger partial charge in [0.1, 0.15) is 0 Å². The van der Waals surface area contributed by atoms with Crippen molar-refractivity contribution in [3.63, 3.8) is 0 Å². The molecule has 0 heterocycles. The summed E-state index contributed by atoms with van der Waals surface area (Å²) in [5, 5.41) is 6.09. The number of amides is 2. The highest BCUT2D eigenvalue weighted by Gasteiger charge is 2.18. The van der Waals surface area contributed by atoms with Crippen LogP contribution in [0.15, 0.2) is 0 Å². The first kappa shape index (κ1) is 17.9. The molecule has 0 aliphatic rings. The van der Waals surface area contributed by atoms with Gasteiger partial charge in [-0.3, -0.25) is 9.59 Å². The molecule has 0 unspecified atom stereocenters. The molecule has 0 aromatic heterocycles. The van der Waals surface area contributed by atoms with E-state index in [4.69, 9.17) is 0 Å². The van der Waals surface area contributed by atoms with Gasteiger partial charge in [0, 0.05) is 31.1 Å². The molecule has 0 fully saturated rings. The van der Waals surface area contributed by atoms with Crippen LogP contribution < -0.4 is 10.6 Å². The zero-order valence-electron chi connectivity index (χ0n) is 13.4. The molecule has 0 aromatic rings. The summed E-state index contributed by atoms with van der Waals surface area (Å²) in [5.74, 6) is -0.159. The first-order chi connectivity index (χ1) is 8.41. The zero-order valence-corrected chi connectivity index (χ0v) is 13.4. The van der Waals surface area contributed by atoms with Crippen LogP contribution in [0.5, 0.6) is 0 Å². The van der Waals surface area contributed by atoms with E-state index in [2.05, 4.69) is 31.4 Å². The molecule has 2 amide bonds. The molecule has 0 aliphatic carbocycles. The average molecular weight is 271 g/mol. The Morgan fingerprint density at radius 1 is 1.00 bits per heavy atom. The lowest BCUT2D eigenvalue weighted by Crippen LogP contribution is -2.46. The molecule has 5 nitrogen and oxygen atoms in total. The van der Waals surface area contributed by atoms with Crippen LogP contribution in [0.25, 0.3) is 0 Å². The number of carbonyl (C=O) groups excluding carboxylic acids is 2. The highest BCUT2D eigenvalue weighted by atomic mass is 16.2. The third kappa shape index (κ3) is 10.5. The summed E-state index contributed by atoms with van der Waals surface area (Å²) in [6.45, 7) is 12.6. The van der Waals surface area contributed by atoms with Gasteiger partial charge in [-0.05, 0) is 41.5 Å². The summed E-state index contributed by atoms with van der Waals surface area (Å²) >= 11 is 0. The van der Waals surface area contributed by atoms with Crippen molar-refractivity contribution in [1.82, 2.24) is 15.5 Å². The number of likely N-dealkylation sites (N-methyl/N-ethyl adjacent to an activating group) is 1. The van der Waals surface area contributed by atoms with Crippen LogP contribution in [0, 0.1) is 0 Å². The fourth-order valence-corrected chi connectivity index (χ4v) is 1.50. The Morgan fingerprint density at radius 2 is 1.53 bits per heavy atom. The predicted octanol–water partition coefficient (Wildman–Crippen LogP) is 1.14. The maximum atomic E-state index is 11.8. The van der Waals surface area contributed by atoms with Crippen molar-refractivity contribution >= 4 is 11.8 Å². The molecule has 0 saturated heterocycles. The molecule has 5 heteroatoms. The van der Waals surface area contributed by atoms with Gasteiger partial charge in [0.05, 0.1) is 6.54 Å². The van der Waals surface area contributed by atoms with Crippen molar-refractivity contribution < 1.29 is 9.59 Å². The van der Waals surface area contributed by atoms with Crippen LogP contribution in [-0.4, -0.2) is 47.9 Å². The summed E-state index contributed by atoms with van der Waals surface area (Å²) < 4.78 is 0. The lowest BCUT2D eigenvalue weighted by atomic mass is 10.1. The molecular formula is C14H29N3O2. The molecule has 2 N–H and O–H groups in total. The fourth-order valence-electron chi connectivity index (χ4n) is 1.50. The van der Waals surface area contributed by atoms with E-state index in [1.54, 1.807) is 7.05 Å². The van der Waals surface area contributed by atoms with Crippen molar-refractivity contribution in [3.8, 4) is 0 Å². The number of carbonyl (C=O) groups is 2. The number of rotatable bonds is 5. The van der Waals surface area contributed by atoms with E-state index in [0.717, 1.165) is 0 Å².